The third-order valence-electron chi connectivity index (χ3n) is 5.21. The molecule has 0 N–H and O–H groups in total. The summed E-state index contributed by atoms with van der Waals surface area (Å²) in [6, 6.07) is 18.1. The number of carbonyl (C=O) groups is 1. The first-order chi connectivity index (χ1) is 13.1. The molecule has 0 saturated carbocycles. The minimum absolute atomic E-state index is 0.0842. The van der Waals surface area contributed by atoms with Gasteiger partial charge in [0.25, 0.3) is 5.91 Å². The summed E-state index contributed by atoms with van der Waals surface area (Å²) in [7, 11) is 0. The van der Waals surface area contributed by atoms with Gasteiger partial charge in [-0.2, -0.15) is 5.10 Å². The molecular weight excluding hydrogens is 336 g/mol. The van der Waals surface area contributed by atoms with Crippen LogP contribution in [0.4, 0.5) is 5.69 Å². The van der Waals surface area contributed by atoms with Gasteiger partial charge in [0.2, 0.25) is 0 Å². The number of nitrogens with zero attached hydrogens (tertiary/aromatic N) is 4. The zero-order valence-electron chi connectivity index (χ0n) is 15.7. The van der Waals surface area contributed by atoms with Crippen LogP contribution in [0.3, 0.4) is 0 Å². The van der Waals surface area contributed by atoms with Crippen molar-refractivity contribution in [2.75, 3.05) is 24.5 Å². The van der Waals surface area contributed by atoms with Crippen LogP contribution >= 0.6 is 0 Å². The molecule has 0 unspecified atom stereocenters. The maximum Gasteiger partial charge on any atom is 0.254 e. The van der Waals surface area contributed by atoms with Crippen molar-refractivity contribution >= 4 is 11.6 Å². The van der Waals surface area contributed by atoms with Crippen LogP contribution in [0.2, 0.25) is 0 Å². The number of benzene rings is 2. The molecule has 0 aliphatic carbocycles. The molecule has 1 amide bonds. The molecule has 1 saturated heterocycles. The lowest BCUT2D eigenvalue weighted by Gasteiger charge is -2.41. The van der Waals surface area contributed by atoms with E-state index in [-0.39, 0.29) is 11.9 Å². The van der Waals surface area contributed by atoms with Crippen molar-refractivity contribution < 1.29 is 4.79 Å². The molecule has 3 aromatic rings. The molecule has 0 spiro atoms. The van der Waals surface area contributed by atoms with E-state index in [2.05, 4.69) is 48.1 Å². The topological polar surface area (TPSA) is 41.4 Å². The minimum atomic E-state index is 0.0842. The molecule has 1 aliphatic heterocycles. The van der Waals surface area contributed by atoms with E-state index >= 15 is 0 Å². The van der Waals surface area contributed by atoms with E-state index in [9.17, 15) is 4.79 Å². The highest BCUT2D eigenvalue weighted by molar-refractivity contribution is 5.95. The first-order valence-corrected chi connectivity index (χ1v) is 9.35. The Morgan fingerprint density at radius 1 is 1.07 bits per heavy atom. The Bertz CT molecular complexity index is 935. The number of rotatable bonds is 3. The van der Waals surface area contributed by atoms with Crippen LogP contribution < -0.4 is 4.90 Å². The van der Waals surface area contributed by atoms with Gasteiger partial charge in [-0.25, -0.2) is 4.68 Å². The number of piperazine rings is 1. The summed E-state index contributed by atoms with van der Waals surface area (Å²) in [6.07, 6.45) is 3.62. The fourth-order valence-corrected chi connectivity index (χ4v) is 3.77. The smallest absolute Gasteiger partial charge is 0.254 e. The summed E-state index contributed by atoms with van der Waals surface area (Å²) in [5.41, 5.74) is 4.14. The molecule has 1 aromatic heterocycles. The van der Waals surface area contributed by atoms with Gasteiger partial charge in [-0.1, -0.05) is 24.3 Å². The standard InChI is InChI=1S/C22H24N4O/c1-17-7-3-4-10-21(17)24-13-14-25(18(2)16-24)22(27)19-8-5-9-20(15-19)26-12-6-11-23-26/h3-12,15,18H,13-14,16H2,1-2H3/t18-/m1/s1. The average molecular weight is 360 g/mol. The van der Waals surface area contributed by atoms with E-state index in [1.165, 1.54) is 11.3 Å². The van der Waals surface area contributed by atoms with E-state index in [1.807, 2.05) is 41.4 Å². The third kappa shape index (κ3) is 3.45. The van der Waals surface area contributed by atoms with E-state index in [0.717, 1.165) is 25.3 Å². The molecular formula is C22H24N4O. The maximum atomic E-state index is 13.1. The molecule has 1 aliphatic rings. The number of aromatic nitrogens is 2. The predicted octanol–water partition coefficient (Wildman–Crippen LogP) is 3.53. The molecule has 138 valence electrons. The molecule has 0 bridgehead atoms. The number of aryl methyl sites for hydroxylation is 1. The van der Waals surface area contributed by atoms with E-state index in [4.69, 9.17) is 0 Å². The monoisotopic (exact) mass is 360 g/mol. The second-order valence-corrected chi connectivity index (χ2v) is 7.08. The highest BCUT2D eigenvalue weighted by Crippen LogP contribution is 2.24. The summed E-state index contributed by atoms with van der Waals surface area (Å²) < 4.78 is 1.77. The van der Waals surface area contributed by atoms with Gasteiger partial charge in [-0.15, -0.1) is 0 Å². The number of hydrogen-bond donors (Lipinski definition) is 0. The molecule has 2 heterocycles. The summed E-state index contributed by atoms with van der Waals surface area (Å²) in [5.74, 6) is 0.0842. The normalized spacial score (nSPS) is 17.2. The van der Waals surface area contributed by atoms with Gasteiger partial charge in [-0.05, 0) is 49.7 Å². The van der Waals surface area contributed by atoms with Crippen LogP contribution in [0.1, 0.15) is 22.8 Å². The maximum absolute atomic E-state index is 13.1. The van der Waals surface area contributed by atoms with Crippen molar-refractivity contribution in [1.82, 2.24) is 14.7 Å². The first kappa shape index (κ1) is 17.3. The van der Waals surface area contributed by atoms with E-state index in [1.54, 1.807) is 10.9 Å². The summed E-state index contributed by atoms with van der Waals surface area (Å²) in [4.78, 5) is 17.5. The highest BCUT2D eigenvalue weighted by atomic mass is 16.2. The molecule has 1 atom stereocenters. The molecule has 2 aromatic carbocycles. The van der Waals surface area contributed by atoms with Crippen LogP contribution in [0.25, 0.3) is 5.69 Å². The lowest BCUT2D eigenvalue weighted by molar-refractivity contribution is 0.0674. The number of anilines is 1. The quantitative estimate of drug-likeness (QED) is 0.717. The minimum Gasteiger partial charge on any atom is -0.367 e. The Morgan fingerprint density at radius 3 is 2.67 bits per heavy atom. The van der Waals surface area contributed by atoms with Crippen molar-refractivity contribution in [1.29, 1.82) is 0 Å². The fraction of sp³-hybridized carbons (Fsp3) is 0.273. The summed E-state index contributed by atoms with van der Waals surface area (Å²) in [6.45, 7) is 6.67. The SMILES string of the molecule is Cc1ccccc1N1CCN(C(=O)c2cccc(-n3cccn3)c2)[C@H](C)C1. The van der Waals surface area contributed by atoms with Crippen molar-refractivity contribution in [3.05, 3.63) is 78.1 Å². The van der Waals surface area contributed by atoms with Crippen LogP contribution in [0.5, 0.6) is 0 Å². The Labute approximate surface area is 159 Å². The summed E-state index contributed by atoms with van der Waals surface area (Å²) >= 11 is 0. The molecule has 0 radical (unpaired) electrons. The lowest BCUT2D eigenvalue weighted by atomic mass is 10.1. The third-order valence-corrected chi connectivity index (χ3v) is 5.21. The molecule has 4 rings (SSSR count). The molecule has 5 nitrogen and oxygen atoms in total. The lowest BCUT2D eigenvalue weighted by Crippen LogP contribution is -2.54. The van der Waals surface area contributed by atoms with Crippen LogP contribution in [-0.2, 0) is 0 Å². The van der Waals surface area contributed by atoms with Gasteiger partial charge in [0.1, 0.15) is 0 Å². The van der Waals surface area contributed by atoms with Gasteiger partial charge in [-0.3, -0.25) is 4.79 Å². The van der Waals surface area contributed by atoms with Crippen LogP contribution in [-0.4, -0.2) is 46.3 Å². The van der Waals surface area contributed by atoms with E-state index < -0.39 is 0 Å². The fourth-order valence-electron chi connectivity index (χ4n) is 3.77. The Morgan fingerprint density at radius 2 is 1.93 bits per heavy atom. The average Bonchev–Trinajstić information content (AvgIpc) is 3.23. The second-order valence-electron chi connectivity index (χ2n) is 7.08. The number of para-hydroxylation sites is 1. The van der Waals surface area contributed by atoms with Gasteiger partial charge >= 0.3 is 0 Å². The molecule has 1 fully saturated rings. The van der Waals surface area contributed by atoms with Crippen molar-refractivity contribution in [3.8, 4) is 5.69 Å². The zero-order valence-corrected chi connectivity index (χ0v) is 15.7. The van der Waals surface area contributed by atoms with Crippen LogP contribution in [0, 0.1) is 6.92 Å². The Hall–Kier alpha value is -3.08. The van der Waals surface area contributed by atoms with Gasteiger partial charge in [0.05, 0.1) is 5.69 Å². The van der Waals surface area contributed by atoms with Crippen molar-refractivity contribution in [2.45, 2.75) is 19.9 Å². The molecule has 5 heteroatoms. The Kier molecular flexibility index (Phi) is 4.67. The number of amides is 1. The van der Waals surface area contributed by atoms with Crippen LogP contribution in [0.15, 0.2) is 67.0 Å². The van der Waals surface area contributed by atoms with Gasteiger partial charge in [0.15, 0.2) is 0 Å². The predicted molar refractivity (Wildman–Crippen MR) is 107 cm³/mol. The summed E-state index contributed by atoms with van der Waals surface area (Å²) in [5, 5.41) is 4.25. The highest BCUT2D eigenvalue weighted by Gasteiger charge is 2.28. The second kappa shape index (κ2) is 7.27. The van der Waals surface area contributed by atoms with Crippen molar-refractivity contribution in [3.63, 3.8) is 0 Å². The van der Waals surface area contributed by atoms with E-state index in [0.29, 0.717) is 5.56 Å². The van der Waals surface area contributed by atoms with Gasteiger partial charge in [0, 0.05) is 49.3 Å². The zero-order chi connectivity index (χ0) is 18.8. The molecule has 27 heavy (non-hydrogen) atoms. The first-order valence-electron chi connectivity index (χ1n) is 9.35. The van der Waals surface area contributed by atoms with Gasteiger partial charge < -0.3 is 9.80 Å². The number of carbonyl (C=O) groups excluding carboxylic acids is 1. The largest absolute Gasteiger partial charge is 0.367 e. The van der Waals surface area contributed by atoms with Crippen molar-refractivity contribution in [2.24, 2.45) is 0 Å². The number of hydrogen-bond acceptors (Lipinski definition) is 3. The Balaban J connectivity index is 1.51.